The van der Waals surface area contributed by atoms with Gasteiger partial charge in [-0.2, -0.15) is 4.68 Å². The van der Waals surface area contributed by atoms with Crippen molar-refractivity contribution in [1.29, 1.82) is 0 Å². The summed E-state index contributed by atoms with van der Waals surface area (Å²) in [6, 6.07) is 21.2. The standard InChI is InChI=1S/C28H31N7O2/c1-19-10-8-11-20(2)27(19)29-25(36)17-34(18-26(37)30-28-21(3)12-9-13-22(28)4)16-24-31-32-33-35(24)23-14-6-5-7-15-23/h5-15H,16-18H2,1-4H3,(H,29,36)(H,30,37). The molecule has 0 aliphatic rings. The van der Waals surface area contributed by atoms with E-state index in [4.69, 9.17) is 0 Å². The van der Waals surface area contributed by atoms with Crippen LogP contribution in [-0.4, -0.2) is 50.0 Å². The first kappa shape index (κ1) is 25.7. The van der Waals surface area contributed by atoms with Crippen molar-refractivity contribution in [2.45, 2.75) is 34.2 Å². The van der Waals surface area contributed by atoms with Crippen molar-refractivity contribution in [3.05, 3.63) is 94.8 Å². The summed E-state index contributed by atoms with van der Waals surface area (Å²) in [4.78, 5) is 28.0. The Hall–Kier alpha value is -4.37. The lowest BCUT2D eigenvalue weighted by Gasteiger charge is -2.22. The molecule has 1 aromatic heterocycles. The molecular formula is C28H31N7O2. The van der Waals surface area contributed by atoms with Gasteiger partial charge < -0.3 is 10.6 Å². The maximum atomic E-state index is 13.1. The van der Waals surface area contributed by atoms with Crippen LogP contribution >= 0.6 is 0 Å². The van der Waals surface area contributed by atoms with E-state index in [0.717, 1.165) is 39.3 Å². The number of hydrogen-bond acceptors (Lipinski definition) is 6. The molecule has 0 saturated heterocycles. The molecule has 4 aromatic rings. The van der Waals surface area contributed by atoms with Crippen LogP contribution in [0.25, 0.3) is 5.69 Å². The van der Waals surface area contributed by atoms with Gasteiger partial charge in [-0.3, -0.25) is 14.5 Å². The second-order valence-electron chi connectivity index (χ2n) is 9.12. The van der Waals surface area contributed by atoms with E-state index in [9.17, 15) is 9.59 Å². The third-order valence-electron chi connectivity index (χ3n) is 6.13. The number of hydrogen-bond donors (Lipinski definition) is 2. The lowest BCUT2D eigenvalue weighted by atomic mass is 10.1. The van der Waals surface area contributed by atoms with Gasteiger partial charge in [0, 0.05) is 11.4 Å². The Labute approximate surface area is 216 Å². The zero-order valence-electron chi connectivity index (χ0n) is 21.5. The van der Waals surface area contributed by atoms with E-state index in [1.54, 1.807) is 9.58 Å². The summed E-state index contributed by atoms with van der Waals surface area (Å²) in [5.74, 6) is 0.0676. The normalized spacial score (nSPS) is 10.9. The Kier molecular flexibility index (Phi) is 8.05. The van der Waals surface area contributed by atoms with E-state index in [2.05, 4.69) is 26.2 Å². The van der Waals surface area contributed by atoms with Crippen LogP contribution < -0.4 is 10.6 Å². The summed E-state index contributed by atoms with van der Waals surface area (Å²) >= 11 is 0. The molecule has 1 heterocycles. The molecule has 190 valence electrons. The van der Waals surface area contributed by atoms with Gasteiger partial charge in [0.25, 0.3) is 0 Å². The first-order valence-electron chi connectivity index (χ1n) is 12.1. The molecular weight excluding hydrogens is 466 g/mol. The molecule has 0 aliphatic heterocycles. The lowest BCUT2D eigenvalue weighted by Crippen LogP contribution is -2.39. The van der Waals surface area contributed by atoms with E-state index >= 15 is 0 Å². The Balaban J connectivity index is 1.55. The van der Waals surface area contributed by atoms with Crippen LogP contribution in [0.1, 0.15) is 28.1 Å². The van der Waals surface area contributed by atoms with Gasteiger partial charge in [0.2, 0.25) is 11.8 Å². The lowest BCUT2D eigenvalue weighted by molar-refractivity contribution is -0.120. The summed E-state index contributed by atoms with van der Waals surface area (Å²) in [7, 11) is 0. The van der Waals surface area contributed by atoms with Gasteiger partial charge >= 0.3 is 0 Å². The molecule has 0 unspecified atom stereocenters. The minimum atomic E-state index is -0.226. The molecule has 0 spiro atoms. The highest BCUT2D eigenvalue weighted by molar-refractivity contribution is 5.96. The average molecular weight is 498 g/mol. The van der Waals surface area contributed by atoms with Crippen molar-refractivity contribution in [3.63, 3.8) is 0 Å². The monoisotopic (exact) mass is 497 g/mol. The zero-order valence-corrected chi connectivity index (χ0v) is 21.5. The molecule has 0 fully saturated rings. The van der Waals surface area contributed by atoms with Gasteiger partial charge in [-0.1, -0.05) is 54.6 Å². The molecule has 0 bridgehead atoms. The Morgan fingerprint density at radius 3 is 1.70 bits per heavy atom. The van der Waals surface area contributed by atoms with E-state index in [1.807, 2.05) is 94.4 Å². The van der Waals surface area contributed by atoms with E-state index in [-0.39, 0.29) is 31.4 Å². The van der Waals surface area contributed by atoms with Gasteiger partial charge in [-0.25, -0.2) is 0 Å². The fourth-order valence-corrected chi connectivity index (χ4v) is 4.23. The van der Waals surface area contributed by atoms with Crippen molar-refractivity contribution < 1.29 is 9.59 Å². The van der Waals surface area contributed by atoms with Crippen LogP contribution in [0.5, 0.6) is 0 Å². The van der Waals surface area contributed by atoms with Crippen LogP contribution in [-0.2, 0) is 16.1 Å². The number of carbonyl (C=O) groups excluding carboxylic acids is 2. The second kappa shape index (κ2) is 11.6. The number of carbonyl (C=O) groups is 2. The van der Waals surface area contributed by atoms with Gasteiger partial charge in [0.05, 0.1) is 25.3 Å². The number of aromatic nitrogens is 4. The Bertz CT molecular complexity index is 1290. The summed E-state index contributed by atoms with van der Waals surface area (Å²) in [6.45, 7) is 7.96. The second-order valence-corrected chi connectivity index (χ2v) is 9.12. The SMILES string of the molecule is Cc1cccc(C)c1NC(=O)CN(CC(=O)Nc1c(C)cccc1C)Cc1nnnn1-c1ccccc1. The molecule has 0 atom stereocenters. The maximum Gasteiger partial charge on any atom is 0.238 e. The smallest absolute Gasteiger partial charge is 0.238 e. The number of tetrazole rings is 1. The van der Waals surface area contributed by atoms with E-state index in [1.165, 1.54) is 0 Å². The first-order chi connectivity index (χ1) is 17.8. The quantitative estimate of drug-likeness (QED) is 0.363. The molecule has 9 heteroatoms. The molecule has 0 aliphatic carbocycles. The number of rotatable bonds is 9. The predicted molar refractivity (Wildman–Crippen MR) is 144 cm³/mol. The molecule has 2 amide bonds. The largest absolute Gasteiger partial charge is 0.324 e. The van der Waals surface area contributed by atoms with E-state index in [0.29, 0.717) is 5.82 Å². The number of aryl methyl sites for hydroxylation is 4. The minimum absolute atomic E-state index is 0.0183. The summed E-state index contributed by atoms with van der Waals surface area (Å²) < 4.78 is 1.61. The van der Waals surface area contributed by atoms with Crippen LogP contribution in [0.3, 0.4) is 0 Å². The van der Waals surface area contributed by atoms with Gasteiger partial charge in [0.15, 0.2) is 5.82 Å². The Morgan fingerprint density at radius 1 is 0.730 bits per heavy atom. The molecule has 2 N–H and O–H groups in total. The van der Waals surface area contributed by atoms with Crippen LogP contribution in [0.2, 0.25) is 0 Å². The average Bonchev–Trinajstić information content (AvgIpc) is 3.32. The highest BCUT2D eigenvalue weighted by Crippen LogP contribution is 2.21. The molecule has 0 radical (unpaired) electrons. The van der Waals surface area contributed by atoms with E-state index < -0.39 is 0 Å². The highest BCUT2D eigenvalue weighted by atomic mass is 16.2. The van der Waals surface area contributed by atoms with Crippen molar-refractivity contribution >= 4 is 23.2 Å². The van der Waals surface area contributed by atoms with Crippen LogP contribution in [0.4, 0.5) is 11.4 Å². The molecule has 4 rings (SSSR count). The molecule has 3 aromatic carbocycles. The number of anilines is 2. The molecule has 9 nitrogen and oxygen atoms in total. The molecule has 37 heavy (non-hydrogen) atoms. The maximum absolute atomic E-state index is 13.1. The van der Waals surface area contributed by atoms with Gasteiger partial charge in [0.1, 0.15) is 0 Å². The van der Waals surface area contributed by atoms with Crippen molar-refractivity contribution in [1.82, 2.24) is 25.1 Å². The fourth-order valence-electron chi connectivity index (χ4n) is 4.23. The number of nitrogens with one attached hydrogen (secondary N) is 2. The summed E-state index contributed by atoms with van der Waals surface area (Å²) in [5.41, 5.74) is 6.24. The van der Waals surface area contributed by atoms with Crippen molar-refractivity contribution in [3.8, 4) is 5.69 Å². The topological polar surface area (TPSA) is 105 Å². The molecule has 0 saturated carbocycles. The number of nitrogens with zero attached hydrogens (tertiary/aromatic N) is 5. The highest BCUT2D eigenvalue weighted by Gasteiger charge is 2.20. The number of benzene rings is 3. The van der Waals surface area contributed by atoms with Crippen LogP contribution in [0, 0.1) is 27.7 Å². The third-order valence-corrected chi connectivity index (χ3v) is 6.13. The predicted octanol–water partition coefficient (Wildman–Crippen LogP) is 3.98. The zero-order chi connectivity index (χ0) is 26.4. The van der Waals surface area contributed by atoms with Gasteiger partial charge in [-0.15, -0.1) is 5.10 Å². The minimum Gasteiger partial charge on any atom is -0.324 e. The summed E-state index contributed by atoms with van der Waals surface area (Å²) in [5, 5.41) is 18.1. The third kappa shape index (κ3) is 6.45. The number of amides is 2. The first-order valence-corrected chi connectivity index (χ1v) is 12.1. The van der Waals surface area contributed by atoms with Crippen LogP contribution in [0.15, 0.2) is 66.7 Å². The summed E-state index contributed by atoms with van der Waals surface area (Å²) in [6.07, 6.45) is 0. The van der Waals surface area contributed by atoms with Crippen molar-refractivity contribution in [2.24, 2.45) is 0 Å². The Morgan fingerprint density at radius 2 is 1.22 bits per heavy atom. The van der Waals surface area contributed by atoms with Gasteiger partial charge in [-0.05, 0) is 72.5 Å². The number of para-hydroxylation sites is 3. The fraction of sp³-hybridized carbons (Fsp3) is 0.250. The van der Waals surface area contributed by atoms with Crippen molar-refractivity contribution in [2.75, 3.05) is 23.7 Å².